The van der Waals surface area contributed by atoms with Gasteiger partial charge in [-0.1, -0.05) is 47.6 Å². The normalized spacial score (nSPS) is 12.1. The van der Waals surface area contributed by atoms with Gasteiger partial charge < -0.3 is 4.90 Å². The Bertz CT molecular complexity index is 885. The van der Waals surface area contributed by atoms with Crippen LogP contribution in [0.3, 0.4) is 0 Å². The molecule has 0 aliphatic carbocycles. The number of amides is 2. The highest BCUT2D eigenvalue weighted by molar-refractivity contribution is 6.07. The second-order valence-corrected chi connectivity index (χ2v) is 10.1. The summed E-state index contributed by atoms with van der Waals surface area (Å²) in [4.78, 5) is 27.0. The summed E-state index contributed by atoms with van der Waals surface area (Å²) in [6.07, 6.45) is 0. The van der Waals surface area contributed by atoms with Crippen LogP contribution in [0.2, 0.25) is 0 Å². The minimum absolute atomic E-state index is 0.0774. The molecule has 0 bridgehead atoms. The third kappa shape index (κ3) is 5.28. The smallest absolute Gasteiger partial charge is 0.274 e. The zero-order chi connectivity index (χ0) is 22.9. The molecular weight excluding hydrogens is 376 g/mol. The zero-order valence-corrected chi connectivity index (χ0v) is 19.3. The first-order chi connectivity index (χ1) is 13.8. The predicted octanol–water partition coefficient (Wildman–Crippen LogP) is 5.46. The van der Waals surface area contributed by atoms with Gasteiger partial charge >= 0.3 is 0 Å². The maximum atomic E-state index is 13.6. The van der Waals surface area contributed by atoms with Crippen molar-refractivity contribution in [3.8, 4) is 0 Å². The minimum Gasteiger partial charge on any atom is -0.306 e. The van der Waals surface area contributed by atoms with Crippen molar-refractivity contribution in [2.45, 2.75) is 72.3 Å². The molecule has 162 valence electrons. The number of nitrogens with one attached hydrogen (secondary N) is 1. The molecule has 2 aromatic carbocycles. The summed E-state index contributed by atoms with van der Waals surface area (Å²) in [6.45, 7) is 16.8. The Morgan fingerprint density at radius 3 is 1.67 bits per heavy atom. The quantitative estimate of drug-likeness (QED) is 0.520. The van der Waals surface area contributed by atoms with Gasteiger partial charge in [-0.25, -0.2) is 5.48 Å². The molecule has 0 aromatic heterocycles. The summed E-state index contributed by atoms with van der Waals surface area (Å²) in [5, 5.41) is 8.81. The predicted molar refractivity (Wildman–Crippen MR) is 121 cm³/mol. The fourth-order valence-electron chi connectivity index (χ4n) is 3.24. The van der Waals surface area contributed by atoms with E-state index in [0.717, 1.165) is 11.1 Å². The van der Waals surface area contributed by atoms with Crippen molar-refractivity contribution in [1.82, 2.24) is 5.48 Å². The number of nitrogens with zero attached hydrogens (tertiary/aromatic N) is 1. The number of rotatable bonds is 4. The zero-order valence-electron chi connectivity index (χ0n) is 19.3. The monoisotopic (exact) mass is 410 g/mol. The lowest BCUT2D eigenvalue weighted by atomic mass is 9.79. The lowest BCUT2D eigenvalue weighted by molar-refractivity contribution is 0.0706. The van der Waals surface area contributed by atoms with Gasteiger partial charge in [-0.3, -0.25) is 14.8 Å². The highest BCUT2D eigenvalue weighted by atomic mass is 16.5. The summed E-state index contributed by atoms with van der Waals surface area (Å²) in [6, 6.07) is 12.7. The molecule has 0 radical (unpaired) electrons. The fraction of sp³-hybridized carbons (Fsp3) is 0.440. The summed E-state index contributed by atoms with van der Waals surface area (Å²) in [5.41, 5.74) is 5.37. The van der Waals surface area contributed by atoms with Gasteiger partial charge in [-0.2, -0.15) is 0 Å². The van der Waals surface area contributed by atoms with Crippen LogP contribution in [0.4, 0.5) is 5.69 Å². The van der Waals surface area contributed by atoms with Crippen molar-refractivity contribution in [3.05, 3.63) is 64.7 Å². The van der Waals surface area contributed by atoms with Crippen LogP contribution in [0.5, 0.6) is 0 Å². The molecule has 0 atom stereocenters. The number of anilines is 1. The van der Waals surface area contributed by atoms with E-state index >= 15 is 0 Å². The van der Waals surface area contributed by atoms with E-state index in [0.29, 0.717) is 16.8 Å². The third-order valence-corrected chi connectivity index (χ3v) is 5.16. The van der Waals surface area contributed by atoms with Crippen molar-refractivity contribution < 1.29 is 14.8 Å². The SMILES string of the molecule is CC(C)N(C(=O)c1cc(C(C)(C)C)cc(C(C)(C)C)c1)c1ccc(C(=O)NO)cc1. The van der Waals surface area contributed by atoms with Gasteiger partial charge in [-0.05, 0) is 72.2 Å². The summed E-state index contributed by atoms with van der Waals surface area (Å²) in [5.74, 6) is -0.669. The first-order valence-electron chi connectivity index (χ1n) is 10.3. The van der Waals surface area contributed by atoms with Gasteiger partial charge in [0.1, 0.15) is 0 Å². The van der Waals surface area contributed by atoms with Crippen LogP contribution in [0.25, 0.3) is 0 Å². The van der Waals surface area contributed by atoms with Crippen molar-refractivity contribution >= 4 is 17.5 Å². The van der Waals surface area contributed by atoms with Crippen molar-refractivity contribution in [3.63, 3.8) is 0 Å². The van der Waals surface area contributed by atoms with Gasteiger partial charge in [0.05, 0.1) is 0 Å². The number of carbonyl (C=O) groups excluding carboxylic acids is 2. The highest BCUT2D eigenvalue weighted by Crippen LogP contribution is 2.31. The van der Waals surface area contributed by atoms with E-state index < -0.39 is 5.91 Å². The first-order valence-corrected chi connectivity index (χ1v) is 10.3. The van der Waals surface area contributed by atoms with Crippen LogP contribution in [0.15, 0.2) is 42.5 Å². The molecule has 0 saturated heterocycles. The maximum absolute atomic E-state index is 13.6. The van der Waals surface area contributed by atoms with Crippen LogP contribution in [-0.4, -0.2) is 23.1 Å². The van der Waals surface area contributed by atoms with Crippen molar-refractivity contribution in [2.75, 3.05) is 4.90 Å². The summed E-state index contributed by atoms with van der Waals surface area (Å²) in [7, 11) is 0. The largest absolute Gasteiger partial charge is 0.306 e. The molecule has 0 unspecified atom stereocenters. The van der Waals surface area contributed by atoms with Crippen LogP contribution in [-0.2, 0) is 10.8 Å². The molecule has 30 heavy (non-hydrogen) atoms. The van der Waals surface area contributed by atoms with E-state index in [-0.39, 0.29) is 22.8 Å². The maximum Gasteiger partial charge on any atom is 0.274 e. The van der Waals surface area contributed by atoms with E-state index in [1.54, 1.807) is 34.6 Å². The van der Waals surface area contributed by atoms with E-state index in [9.17, 15) is 9.59 Å². The third-order valence-electron chi connectivity index (χ3n) is 5.16. The van der Waals surface area contributed by atoms with Crippen LogP contribution in [0, 0.1) is 0 Å². The van der Waals surface area contributed by atoms with Gasteiger partial charge in [-0.15, -0.1) is 0 Å². The lowest BCUT2D eigenvalue weighted by Crippen LogP contribution is -2.37. The van der Waals surface area contributed by atoms with E-state index in [2.05, 4.69) is 47.6 Å². The standard InChI is InChI=1S/C25H34N2O3/c1-16(2)27(21-11-9-17(10-12-21)22(28)26-30)23(29)18-13-19(24(3,4)5)15-20(14-18)25(6,7)8/h9-16,30H,1-8H3,(H,26,28). The Morgan fingerprint density at radius 1 is 0.833 bits per heavy atom. The number of hydroxylamine groups is 1. The Hall–Kier alpha value is -2.66. The van der Waals surface area contributed by atoms with Gasteiger partial charge in [0, 0.05) is 22.9 Å². The average Bonchev–Trinajstić information content (AvgIpc) is 2.66. The molecule has 0 fully saturated rings. The van der Waals surface area contributed by atoms with E-state index in [4.69, 9.17) is 5.21 Å². The number of hydrogen-bond donors (Lipinski definition) is 2. The van der Waals surface area contributed by atoms with E-state index in [1.807, 2.05) is 26.0 Å². The number of benzene rings is 2. The van der Waals surface area contributed by atoms with Crippen LogP contribution >= 0.6 is 0 Å². The Labute approximate surface area is 180 Å². The fourth-order valence-corrected chi connectivity index (χ4v) is 3.24. The molecule has 0 spiro atoms. The second kappa shape index (κ2) is 8.60. The Balaban J connectivity index is 2.55. The summed E-state index contributed by atoms with van der Waals surface area (Å²) >= 11 is 0. The first kappa shape index (κ1) is 23.6. The van der Waals surface area contributed by atoms with Crippen molar-refractivity contribution in [2.24, 2.45) is 0 Å². The lowest BCUT2D eigenvalue weighted by Gasteiger charge is -2.30. The molecule has 0 aliphatic rings. The van der Waals surface area contributed by atoms with Gasteiger partial charge in [0.2, 0.25) is 0 Å². The molecule has 2 rings (SSSR count). The molecule has 2 N–H and O–H groups in total. The molecule has 0 heterocycles. The summed E-state index contributed by atoms with van der Waals surface area (Å²) < 4.78 is 0. The second-order valence-electron chi connectivity index (χ2n) is 10.1. The molecule has 2 aromatic rings. The van der Waals surface area contributed by atoms with Gasteiger partial charge in [0.25, 0.3) is 11.8 Å². The molecular formula is C25H34N2O3. The molecule has 5 heteroatoms. The number of hydrogen-bond acceptors (Lipinski definition) is 3. The Morgan fingerprint density at radius 2 is 1.30 bits per heavy atom. The van der Waals surface area contributed by atoms with Gasteiger partial charge in [0.15, 0.2) is 0 Å². The minimum atomic E-state index is -0.586. The van der Waals surface area contributed by atoms with E-state index in [1.165, 1.54) is 0 Å². The molecule has 5 nitrogen and oxygen atoms in total. The van der Waals surface area contributed by atoms with Crippen LogP contribution in [0.1, 0.15) is 87.2 Å². The topological polar surface area (TPSA) is 69.6 Å². The Kier molecular flexibility index (Phi) is 6.77. The molecule has 2 amide bonds. The van der Waals surface area contributed by atoms with Crippen LogP contribution < -0.4 is 10.4 Å². The average molecular weight is 411 g/mol. The highest BCUT2D eigenvalue weighted by Gasteiger charge is 2.26. The molecule has 0 saturated carbocycles. The number of carbonyl (C=O) groups is 2. The van der Waals surface area contributed by atoms with Crippen molar-refractivity contribution in [1.29, 1.82) is 0 Å². The molecule has 0 aliphatic heterocycles.